The van der Waals surface area contributed by atoms with Crippen molar-refractivity contribution < 1.29 is 14.7 Å². The van der Waals surface area contributed by atoms with Gasteiger partial charge in [0.15, 0.2) is 0 Å². The van der Waals surface area contributed by atoms with Gasteiger partial charge in [-0.2, -0.15) is 0 Å². The lowest BCUT2D eigenvalue weighted by Crippen LogP contribution is -2.44. The van der Waals surface area contributed by atoms with Crippen molar-refractivity contribution in [2.24, 2.45) is 5.92 Å². The Bertz CT molecular complexity index is 421. The second kappa shape index (κ2) is 5.78. The van der Waals surface area contributed by atoms with E-state index in [0.29, 0.717) is 11.1 Å². The second-order valence-electron chi connectivity index (χ2n) is 4.93. The lowest BCUT2D eigenvalue weighted by Gasteiger charge is -2.27. The third-order valence-electron chi connectivity index (χ3n) is 3.16. The fourth-order valence-electron chi connectivity index (χ4n) is 1.28. The Balaban J connectivity index is 2.63. The first-order valence-corrected chi connectivity index (χ1v) is 5.92. The van der Waals surface area contributed by atoms with Gasteiger partial charge >= 0.3 is 0 Å². The summed E-state index contributed by atoms with van der Waals surface area (Å²) in [6.45, 7) is 5.67. The summed E-state index contributed by atoms with van der Waals surface area (Å²) >= 11 is 0. The van der Waals surface area contributed by atoms with Gasteiger partial charge in [-0.3, -0.25) is 9.59 Å². The highest BCUT2D eigenvalue weighted by molar-refractivity contribution is 5.94. The Hall–Kier alpha value is -1.68. The number of aldehydes is 1. The van der Waals surface area contributed by atoms with Crippen LogP contribution in [-0.2, 0) is 0 Å². The summed E-state index contributed by atoms with van der Waals surface area (Å²) in [5.74, 6) is -0.205. The van der Waals surface area contributed by atoms with E-state index in [9.17, 15) is 14.7 Å². The lowest BCUT2D eigenvalue weighted by molar-refractivity contribution is 0.0142. The molecule has 0 fully saturated rings. The molecule has 0 heterocycles. The van der Waals surface area contributed by atoms with Gasteiger partial charge < -0.3 is 10.4 Å². The summed E-state index contributed by atoms with van der Waals surface area (Å²) in [5.41, 5.74) is 0.0687. The minimum Gasteiger partial charge on any atom is -0.388 e. The van der Waals surface area contributed by atoms with Crippen LogP contribution in [0.15, 0.2) is 24.3 Å². The molecule has 98 valence electrons. The molecular formula is C14H19NO3. The number of amides is 1. The van der Waals surface area contributed by atoms with Gasteiger partial charge in [-0.25, -0.2) is 0 Å². The first-order valence-electron chi connectivity index (χ1n) is 5.92. The van der Waals surface area contributed by atoms with Crippen molar-refractivity contribution in [1.82, 2.24) is 5.32 Å². The zero-order valence-electron chi connectivity index (χ0n) is 10.9. The summed E-state index contributed by atoms with van der Waals surface area (Å²) < 4.78 is 0. The maximum atomic E-state index is 11.8. The Morgan fingerprint density at radius 2 is 1.94 bits per heavy atom. The van der Waals surface area contributed by atoms with Gasteiger partial charge in [-0.1, -0.05) is 26.0 Å². The average molecular weight is 249 g/mol. The standard InChI is InChI=1S/C14H19NO3/c1-10(2)14(3,18)9-15-13(17)12-6-4-11(8-16)5-7-12/h4-8,10,18H,9H2,1-3H3,(H,15,17). The van der Waals surface area contributed by atoms with Crippen molar-refractivity contribution >= 4 is 12.2 Å². The summed E-state index contributed by atoms with van der Waals surface area (Å²) in [6.07, 6.45) is 0.727. The van der Waals surface area contributed by atoms with Gasteiger partial charge in [0.2, 0.25) is 0 Å². The van der Waals surface area contributed by atoms with Gasteiger partial charge in [0, 0.05) is 17.7 Å². The van der Waals surface area contributed by atoms with Crippen LogP contribution in [0.2, 0.25) is 0 Å². The fourth-order valence-corrected chi connectivity index (χ4v) is 1.28. The van der Waals surface area contributed by atoms with Crippen LogP contribution in [0.25, 0.3) is 0 Å². The molecule has 1 aromatic rings. The molecule has 1 unspecified atom stereocenters. The molecule has 1 rings (SSSR count). The molecule has 0 aromatic heterocycles. The number of aliphatic hydroxyl groups is 1. The monoisotopic (exact) mass is 249 g/mol. The van der Waals surface area contributed by atoms with Crippen molar-refractivity contribution in [3.63, 3.8) is 0 Å². The Kier molecular flexibility index (Phi) is 4.62. The molecule has 2 N–H and O–H groups in total. The van der Waals surface area contributed by atoms with E-state index in [1.165, 1.54) is 0 Å². The molecule has 4 nitrogen and oxygen atoms in total. The van der Waals surface area contributed by atoms with Crippen LogP contribution in [0.5, 0.6) is 0 Å². The predicted octanol–water partition coefficient (Wildman–Crippen LogP) is 1.64. The van der Waals surface area contributed by atoms with Crippen molar-refractivity contribution in [2.75, 3.05) is 6.54 Å². The molecular weight excluding hydrogens is 230 g/mol. The van der Waals surface area contributed by atoms with Crippen LogP contribution in [-0.4, -0.2) is 29.4 Å². The largest absolute Gasteiger partial charge is 0.388 e. The third-order valence-corrected chi connectivity index (χ3v) is 3.16. The van der Waals surface area contributed by atoms with E-state index in [4.69, 9.17) is 0 Å². The van der Waals surface area contributed by atoms with Gasteiger partial charge in [-0.15, -0.1) is 0 Å². The number of rotatable bonds is 5. The normalized spacial score (nSPS) is 14.1. The highest BCUT2D eigenvalue weighted by Crippen LogP contribution is 2.14. The van der Waals surface area contributed by atoms with Gasteiger partial charge in [-0.05, 0) is 25.0 Å². The number of hydrogen-bond acceptors (Lipinski definition) is 3. The van der Waals surface area contributed by atoms with Gasteiger partial charge in [0.25, 0.3) is 5.91 Å². The van der Waals surface area contributed by atoms with Crippen LogP contribution in [0, 0.1) is 5.92 Å². The smallest absolute Gasteiger partial charge is 0.251 e. The van der Waals surface area contributed by atoms with Crippen molar-refractivity contribution in [1.29, 1.82) is 0 Å². The molecule has 0 aliphatic heterocycles. The van der Waals surface area contributed by atoms with Crippen molar-refractivity contribution in [3.05, 3.63) is 35.4 Å². The molecule has 0 saturated carbocycles. The van der Waals surface area contributed by atoms with E-state index in [1.54, 1.807) is 31.2 Å². The molecule has 0 saturated heterocycles. The summed E-state index contributed by atoms with van der Waals surface area (Å²) in [4.78, 5) is 22.3. The van der Waals surface area contributed by atoms with Crippen LogP contribution in [0.4, 0.5) is 0 Å². The molecule has 0 aliphatic carbocycles. The maximum absolute atomic E-state index is 11.8. The molecule has 1 aromatic carbocycles. The predicted molar refractivity (Wildman–Crippen MR) is 69.6 cm³/mol. The van der Waals surface area contributed by atoms with Crippen LogP contribution < -0.4 is 5.32 Å². The van der Waals surface area contributed by atoms with E-state index >= 15 is 0 Å². The number of carbonyl (C=O) groups is 2. The Morgan fingerprint density at radius 3 is 2.39 bits per heavy atom. The maximum Gasteiger partial charge on any atom is 0.251 e. The van der Waals surface area contributed by atoms with Crippen molar-refractivity contribution in [3.8, 4) is 0 Å². The minimum atomic E-state index is -0.932. The first-order chi connectivity index (χ1) is 8.36. The molecule has 0 spiro atoms. The zero-order valence-corrected chi connectivity index (χ0v) is 10.9. The Labute approximate surface area is 107 Å². The van der Waals surface area contributed by atoms with Crippen LogP contribution in [0.3, 0.4) is 0 Å². The summed E-state index contributed by atoms with van der Waals surface area (Å²) in [5, 5.41) is 12.7. The van der Waals surface area contributed by atoms with E-state index in [2.05, 4.69) is 5.32 Å². The molecule has 1 amide bonds. The summed E-state index contributed by atoms with van der Waals surface area (Å²) in [6, 6.07) is 6.34. The zero-order chi connectivity index (χ0) is 13.8. The first kappa shape index (κ1) is 14.4. The quantitative estimate of drug-likeness (QED) is 0.779. The van der Waals surface area contributed by atoms with Gasteiger partial charge in [0.05, 0.1) is 5.60 Å². The fraction of sp³-hybridized carbons (Fsp3) is 0.429. The Morgan fingerprint density at radius 1 is 1.39 bits per heavy atom. The molecule has 0 bridgehead atoms. The third kappa shape index (κ3) is 3.67. The van der Waals surface area contributed by atoms with E-state index in [-0.39, 0.29) is 18.4 Å². The van der Waals surface area contributed by atoms with Crippen molar-refractivity contribution in [2.45, 2.75) is 26.4 Å². The second-order valence-corrected chi connectivity index (χ2v) is 4.93. The molecule has 4 heteroatoms. The highest BCUT2D eigenvalue weighted by atomic mass is 16.3. The molecule has 0 aliphatic rings. The molecule has 18 heavy (non-hydrogen) atoms. The number of carbonyl (C=O) groups excluding carboxylic acids is 2. The van der Waals surface area contributed by atoms with E-state index in [1.807, 2.05) is 13.8 Å². The molecule has 1 atom stereocenters. The average Bonchev–Trinajstić information content (AvgIpc) is 2.36. The SMILES string of the molecule is CC(C)C(C)(O)CNC(=O)c1ccc(C=O)cc1. The number of benzene rings is 1. The van der Waals surface area contributed by atoms with E-state index < -0.39 is 5.60 Å². The highest BCUT2D eigenvalue weighted by Gasteiger charge is 2.25. The number of nitrogens with one attached hydrogen (secondary N) is 1. The van der Waals surface area contributed by atoms with E-state index in [0.717, 1.165) is 6.29 Å². The molecule has 0 radical (unpaired) electrons. The lowest BCUT2D eigenvalue weighted by atomic mass is 9.92. The minimum absolute atomic E-state index is 0.0511. The summed E-state index contributed by atoms with van der Waals surface area (Å²) in [7, 11) is 0. The van der Waals surface area contributed by atoms with Crippen LogP contribution in [0.1, 0.15) is 41.5 Å². The topological polar surface area (TPSA) is 66.4 Å². The van der Waals surface area contributed by atoms with Gasteiger partial charge in [0.1, 0.15) is 6.29 Å². The number of hydrogen-bond donors (Lipinski definition) is 2. The van der Waals surface area contributed by atoms with Crippen LogP contribution >= 0.6 is 0 Å².